The monoisotopic (exact) mass is 450 g/mol. The van der Waals surface area contributed by atoms with E-state index >= 15 is 0 Å². The number of rotatable bonds is 9. The molecule has 3 N–H and O–H groups in total. The third-order valence-electron chi connectivity index (χ3n) is 5.68. The van der Waals surface area contributed by atoms with E-state index in [4.69, 9.17) is 9.47 Å². The van der Waals surface area contributed by atoms with Crippen LogP contribution in [0.15, 0.2) is 48.7 Å². The Bertz CT molecular complexity index is 1190. The molecule has 4 rings (SSSR count). The van der Waals surface area contributed by atoms with Crippen LogP contribution in [0.5, 0.6) is 11.5 Å². The van der Waals surface area contributed by atoms with E-state index in [-0.39, 0.29) is 31.2 Å². The van der Waals surface area contributed by atoms with Gasteiger partial charge in [0, 0.05) is 30.4 Å². The molecule has 2 heterocycles. The summed E-state index contributed by atoms with van der Waals surface area (Å²) in [5, 5.41) is 6.57. The van der Waals surface area contributed by atoms with Gasteiger partial charge in [-0.1, -0.05) is 12.1 Å². The lowest BCUT2D eigenvalue weighted by atomic mass is 10.1. The van der Waals surface area contributed by atoms with Crippen molar-refractivity contribution in [1.29, 1.82) is 0 Å². The number of amides is 4. The molecule has 1 aromatic heterocycles. The number of nitrogens with one attached hydrogen (secondary N) is 3. The molecule has 0 spiro atoms. The first-order valence-corrected chi connectivity index (χ1v) is 10.7. The van der Waals surface area contributed by atoms with Gasteiger partial charge in [0.1, 0.15) is 6.04 Å². The Labute approximate surface area is 191 Å². The number of hydrogen-bond donors (Lipinski definition) is 3. The van der Waals surface area contributed by atoms with Gasteiger partial charge in [-0.15, -0.1) is 0 Å². The van der Waals surface area contributed by atoms with Crippen LogP contribution in [0.2, 0.25) is 0 Å². The first-order chi connectivity index (χ1) is 16.0. The van der Waals surface area contributed by atoms with Crippen LogP contribution >= 0.6 is 0 Å². The first kappa shape index (κ1) is 22.2. The molecule has 1 saturated heterocycles. The van der Waals surface area contributed by atoms with E-state index in [1.165, 1.54) is 4.90 Å². The van der Waals surface area contributed by atoms with Gasteiger partial charge in [-0.2, -0.15) is 0 Å². The molecule has 33 heavy (non-hydrogen) atoms. The third kappa shape index (κ3) is 4.92. The average Bonchev–Trinajstić information content (AvgIpc) is 3.39. The van der Waals surface area contributed by atoms with Gasteiger partial charge in [-0.25, -0.2) is 4.79 Å². The van der Waals surface area contributed by atoms with E-state index in [0.29, 0.717) is 23.6 Å². The molecular formula is C24H26N4O5. The Morgan fingerprint density at radius 3 is 2.67 bits per heavy atom. The van der Waals surface area contributed by atoms with Gasteiger partial charge < -0.3 is 25.1 Å². The van der Waals surface area contributed by atoms with Crippen LogP contribution in [-0.2, 0) is 16.0 Å². The minimum atomic E-state index is -0.709. The SMILES string of the molecule is COc1ccc(CCN2C(=O)NC(CCC(=O)Nc3ccc4cc[nH]c4c3)C2=O)cc1OC. The summed E-state index contributed by atoms with van der Waals surface area (Å²) in [6, 6.07) is 11.9. The lowest BCUT2D eigenvalue weighted by Crippen LogP contribution is -2.33. The van der Waals surface area contributed by atoms with Gasteiger partial charge >= 0.3 is 6.03 Å². The molecule has 4 amide bonds. The predicted octanol–water partition coefficient (Wildman–Crippen LogP) is 3.07. The van der Waals surface area contributed by atoms with Crippen LogP contribution in [0, 0.1) is 0 Å². The van der Waals surface area contributed by atoms with Crippen molar-refractivity contribution >= 4 is 34.4 Å². The number of aromatic amines is 1. The maximum absolute atomic E-state index is 12.7. The van der Waals surface area contributed by atoms with Crippen molar-refractivity contribution in [2.24, 2.45) is 0 Å². The van der Waals surface area contributed by atoms with Crippen LogP contribution in [0.1, 0.15) is 18.4 Å². The zero-order valence-electron chi connectivity index (χ0n) is 18.5. The van der Waals surface area contributed by atoms with Crippen molar-refractivity contribution in [2.75, 3.05) is 26.1 Å². The normalized spacial score (nSPS) is 15.6. The molecule has 9 heteroatoms. The number of hydrogen-bond acceptors (Lipinski definition) is 5. The quantitative estimate of drug-likeness (QED) is 0.434. The average molecular weight is 450 g/mol. The summed E-state index contributed by atoms with van der Waals surface area (Å²) in [5.74, 6) is 0.668. The maximum atomic E-state index is 12.7. The molecule has 172 valence electrons. The molecule has 1 fully saturated rings. The number of anilines is 1. The van der Waals surface area contributed by atoms with Crippen LogP contribution in [-0.4, -0.2) is 54.5 Å². The molecule has 1 aliphatic rings. The van der Waals surface area contributed by atoms with Crippen molar-refractivity contribution in [3.05, 3.63) is 54.2 Å². The molecule has 1 aliphatic heterocycles. The lowest BCUT2D eigenvalue weighted by molar-refractivity contribution is -0.127. The van der Waals surface area contributed by atoms with Crippen molar-refractivity contribution in [2.45, 2.75) is 25.3 Å². The van der Waals surface area contributed by atoms with Gasteiger partial charge in [0.25, 0.3) is 5.91 Å². The predicted molar refractivity (Wildman–Crippen MR) is 123 cm³/mol. The highest BCUT2D eigenvalue weighted by atomic mass is 16.5. The number of nitrogens with zero attached hydrogens (tertiary/aromatic N) is 1. The zero-order chi connectivity index (χ0) is 23.4. The number of urea groups is 1. The van der Waals surface area contributed by atoms with Crippen LogP contribution < -0.4 is 20.1 Å². The minimum absolute atomic E-state index is 0.114. The standard InChI is InChI=1S/C24H26N4O5/c1-32-20-7-3-15(13-21(20)33-2)10-12-28-23(30)18(27-24(28)31)6-8-22(29)26-17-5-4-16-9-11-25-19(16)14-17/h3-5,7,9,11,13-14,18,25H,6,8,10,12H2,1-2H3,(H,26,29)(H,27,31). The third-order valence-corrected chi connectivity index (χ3v) is 5.68. The molecule has 1 unspecified atom stereocenters. The van der Waals surface area contributed by atoms with E-state index in [1.54, 1.807) is 20.3 Å². The molecule has 0 saturated carbocycles. The second kappa shape index (κ2) is 9.64. The Morgan fingerprint density at radius 2 is 1.88 bits per heavy atom. The van der Waals surface area contributed by atoms with Gasteiger partial charge in [0.15, 0.2) is 11.5 Å². The van der Waals surface area contributed by atoms with Crippen LogP contribution in [0.3, 0.4) is 0 Å². The molecule has 3 aromatic rings. The van der Waals surface area contributed by atoms with E-state index in [1.807, 2.05) is 42.6 Å². The molecular weight excluding hydrogens is 424 g/mol. The Balaban J connectivity index is 1.29. The minimum Gasteiger partial charge on any atom is -0.493 e. The summed E-state index contributed by atoms with van der Waals surface area (Å²) in [6.45, 7) is 0.235. The van der Waals surface area contributed by atoms with Gasteiger partial charge in [0.05, 0.1) is 14.2 Å². The Hall–Kier alpha value is -4.01. The van der Waals surface area contributed by atoms with E-state index < -0.39 is 12.1 Å². The summed E-state index contributed by atoms with van der Waals surface area (Å²) < 4.78 is 10.5. The summed E-state index contributed by atoms with van der Waals surface area (Å²) in [7, 11) is 3.11. The number of methoxy groups -OCH3 is 2. The van der Waals surface area contributed by atoms with E-state index in [9.17, 15) is 14.4 Å². The van der Waals surface area contributed by atoms with Gasteiger partial charge in [-0.05, 0) is 54.1 Å². The highest BCUT2D eigenvalue weighted by Crippen LogP contribution is 2.28. The largest absolute Gasteiger partial charge is 0.493 e. The fraction of sp³-hybridized carbons (Fsp3) is 0.292. The number of carbonyl (C=O) groups is 3. The van der Waals surface area contributed by atoms with E-state index in [0.717, 1.165) is 16.5 Å². The Morgan fingerprint density at radius 1 is 1.06 bits per heavy atom. The van der Waals surface area contributed by atoms with Crippen molar-refractivity contribution in [3.63, 3.8) is 0 Å². The highest BCUT2D eigenvalue weighted by Gasteiger charge is 2.37. The molecule has 2 aromatic carbocycles. The number of aromatic nitrogens is 1. The van der Waals surface area contributed by atoms with Crippen LogP contribution in [0.4, 0.5) is 10.5 Å². The summed E-state index contributed by atoms with van der Waals surface area (Å²) in [4.78, 5) is 41.7. The number of carbonyl (C=O) groups excluding carboxylic acids is 3. The molecule has 0 aliphatic carbocycles. The second-order valence-corrected chi connectivity index (χ2v) is 7.80. The van der Waals surface area contributed by atoms with Crippen LogP contribution in [0.25, 0.3) is 10.9 Å². The number of H-pyrrole nitrogens is 1. The topological polar surface area (TPSA) is 113 Å². The van der Waals surface area contributed by atoms with Gasteiger partial charge in [-0.3, -0.25) is 14.5 Å². The van der Waals surface area contributed by atoms with Crippen molar-refractivity contribution in [3.8, 4) is 11.5 Å². The molecule has 1 atom stereocenters. The van der Waals surface area contributed by atoms with Crippen molar-refractivity contribution < 1.29 is 23.9 Å². The summed E-state index contributed by atoms with van der Waals surface area (Å²) in [5.41, 5.74) is 2.51. The second-order valence-electron chi connectivity index (χ2n) is 7.80. The van der Waals surface area contributed by atoms with E-state index in [2.05, 4.69) is 15.6 Å². The van der Waals surface area contributed by atoms with Crippen molar-refractivity contribution in [1.82, 2.24) is 15.2 Å². The fourth-order valence-corrected chi connectivity index (χ4v) is 3.89. The highest BCUT2D eigenvalue weighted by molar-refractivity contribution is 6.04. The zero-order valence-corrected chi connectivity index (χ0v) is 18.5. The number of imide groups is 1. The number of ether oxygens (including phenoxy) is 2. The maximum Gasteiger partial charge on any atom is 0.324 e. The summed E-state index contributed by atoms with van der Waals surface area (Å²) >= 11 is 0. The lowest BCUT2D eigenvalue weighted by Gasteiger charge is -2.14. The first-order valence-electron chi connectivity index (χ1n) is 10.7. The summed E-state index contributed by atoms with van der Waals surface area (Å²) in [6.07, 6.45) is 2.66. The fourth-order valence-electron chi connectivity index (χ4n) is 3.89. The smallest absolute Gasteiger partial charge is 0.324 e. The number of benzene rings is 2. The molecule has 0 bridgehead atoms. The molecule has 0 radical (unpaired) electrons. The number of fused-ring (bicyclic) bond motifs is 1. The molecule has 9 nitrogen and oxygen atoms in total. The van der Waals surface area contributed by atoms with Gasteiger partial charge in [0.2, 0.25) is 5.91 Å². The Kier molecular flexibility index (Phi) is 6.48.